The highest BCUT2D eigenvalue weighted by atomic mass is 35.5. The standard InChI is InChI=1S/C17H18ClNO3/c1-2-8-22-14-5-3-4-12(9-14)11-19-16-10-13(17(20)21)6-7-15(16)18/h3-7,9-10,19H,2,8,11H2,1H3,(H,20,21). The van der Waals surface area contributed by atoms with Crippen molar-refractivity contribution in [3.05, 3.63) is 58.6 Å². The van der Waals surface area contributed by atoms with Crippen LogP contribution in [0.15, 0.2) is 42.5 Å². The summed E-state index contributed by atoms with van der Waals surface area (Å²) in [7, 11) is 0. The molecule has 0 aliphatic carbocycles. The minimum absolute atomic E-state index is 0.201. The second kappa shape index (κ2) is 7.71. The summed E-state index contributed by atoms with van der Waals surface area (Å²) in [5, 5.41) is 12.7. The number of carbonyl (C=O) groups is 1. The quantitative estimate of drug-likeness (QED) is 0.792. The van der Waals surface area contributed by atoms with Crippen molar-refractivity contribution in [3.8, 4) is 5.75 Å². The van der Waals surface area contributed by atoms with Crippen molar-refractivity contribution in [2.45, 2.75) is 19.9 Å². The van der Waals surface area contributed by atoms with Crippen LogP contribution < -0.4 is 10.1 Å². The van der Waals surface area contributed by atoms with Gasteiger partial charge >= 0.3 is 5.97 Å². The molecule has 0 aromatic heterocycles. The van der Waals surface area contributed by atoms with Gasteiger partial charge in [-0.05, 0) is 42.3 Å². The molecule has 0 saturated carbocycles. The first kappa shape index (κ1) is 16.2. The van der Waals surface area contributed by atoms with Crippen LogP contribution in [0.1, 0.15) is 29.3 Å². The first-order valence-corrected chi connectivity index (χ1v) is 7.46. The number of hydrogen-bond donors (Lipinski definition) is 2. The maximum atomic E-state index is 11.0. The molecule has 22 heavy (non-hydrogen) atoms. The number of ether oxygens (including phenoxy) is 1. The zero-order valence-corrected chi connectivity index (χ0v) is 13.1. The Morgan fingerprint density at radius 2 is 2.09 bits per heavy atom. The topological polar surface area (TPSA) is 58.6 Å². The van der Waals surface area contributed by atoms with E-state index in [-0.39, 0.29) is 5.56 Å². The van der Waals surface area contributed by atoms with E-state index in [1.165, 1.54) is 12.1 Å². The Kier molecular flexibility index (Phi) is 5.67. The number of aromatic carboxylic acids is 1. The molecule has 0 amide bonds. The average Bonchev–Trinajstić information content (AvgIpc) is 2.52. The molecule has 0 heterocycles. The third-order valence-corrected chi connectivity index (χ3v) is 3.40. The molecular formula is C17H18ClNO3. The first-order chi connectivity index (χ1) is 10.6. The summed E-state index contributed by atoms with van der Waals surface area (Å²) >= 11 is 6.09. The Morgan fingerprint density at radius 1 is 1.27 bits per heavy atom. The maximum Gasteiger partial charge on any atom is 0.335 e. The fraction of sp³-hybridized carbons (Fsp3) is 0.235. The lowest BCUT2D eigenvalue weighted by Gasteiger charge is -2.11. The molecule has 0 unspecified atom stereocenters. The van der Waals surface area contributed by atoms with Crippen LogP contribution in [0, 0.1) is 0 Å². The molecule has 2 aromatic rings. The Bertz CT molecular complexity index is 658. The van der Waals surface area contributed by atoms with E-state index in [0.29, 0.717) is 23.9 Å². The van der Waals surface area contributed by atoms with Crippen LogP contribution in [0.2, 0.25) is 5.02 Å². The molecule has 2 aromatic carbocycles. The van der Waals surface area contributed by atoms with Crippen LogP contribution in [0.4, 0.5) is 5.69 Å². The predicted molar refractivity (Wildman–Crippen MR) is 88.0 cm³/mol. The summed E-state index contributed by atoms with van der Waals surface area (Å²) in [6.07, 6.45) is 0.958. The van der Waals surface area contributed by atoms with Gasteiger partial charge in [-0.15, -0.1) is 0 Å². The predicted octanol–water partition coefficient (Wildman–Crippen LogP) is 4.44. The first-order valence-electron chi connectivity index (χ1n) is 7.08. The zero-order valence-electron chi connectivity index (χ0n) is 12.3. The highest BCUT2D eigenvalue weighted by molar-refractivity contribution is 6.33. The van der Waals surface area contributed by atoms with E-state index in [1.54, 1.807) is 6.07 Å². The molecule has 0 spiro atoms. The molecule has 4 nitrogen and oxygen atoms in total. The van der Waals surface area contributed by atoms with Gasteiger partial charge in [0.05, 0.1) is 22.9 Å². The normalized spacial score (nSPS) is 10.3. The minimum atomic E-state index is -0.977. The van der Waals surface area contributed by atoms with Gasteiger partial charge in [-0.3, -0.25) is 0 Å². The fourth-order valence-electron chi connectivity index (χ4n) is 1.96. The van der Waals surface area contributed by atoms with E-state index in [2.05, 4.69) is 12.2 Å². The number of carboxylic acids is 1. The average molecular weight is 320 g/mol. The summed E-state index contributed by atoms with van der Waals surface area (Å²) in [5.74, 6) is -0.152. The van der Waals surface area contributed by atoms with Gasteiger partial charge in [0, 0.05) is 6.54 Å². The van der Waals surface area contributed by atoms with Crippen LogP contribution in [-0.4, -0.2) is 17.7 Å². The van der Waals surface area contributed by atoms with Crippen LogP contribution in [0.3, 0.4) is 0 Å². The van der Waals surface area contributed by atoms with E-state index < -0.39 is 5.97 Å². The summed E-state index contributed by atoms with van der Waals surface area (Å²) in [6.45, 7) is 3.28. The van der Waals surface area contributed by atoms with Crippen molar-refractivity contribution >= 4 is 23.3 Å². The van der Waals surface area contributed by atoms with Crippen molar-refractivity contribution in [2.24, 2.45) is 0 Å². The number of benzene rings is 2. The molecule has 0 bridgehead atoms. The number of hydrogen-bond acceptors (Lipinski definition) is 3. The van der Waals surface area contributed by atoms with Gasteiger partial charge in [0.2, 0.25) is 0 Å². The molecular weight excluding hydrogens is 302 g/mol. The lowest BCUT2D eigenvalue weighted by atomic mass is 10.1. The molecule has 0 fully saturated rings. The van der Waals surface area contributed by atoms with Gasteiger partial charge in [-0.25, -0.2) is 4.79 Å². The third-order valence-electron chi connectivity index (χ3n) is 3.07. The van der Waals surface area contributed by atoms with E-state index in [9.17, 15) is 4.79 Å². The number of carboxylic acid groups (broad SMARTS) is 1. The van der Waals surface area contributed by atoms with Crippen LogP contribution in [-0.2, 0) is 6.54 Å². The smallest absolute Gasteiger partial charge is 0.335 e. The van der Waals surface area contributed by atoms with E-state index in [4.69, 9.17) is 21.4 Å². The molecule has 5 heteroatoms. The summed E-state index contributed by atoms with van der Waals surface area (Å²) < 4.78 is 5.59. The van der Waals surface area contributed by atoms with Crippen molar-refractivity contribution in [3.63, 3.8) is 0 Å². The van der Waals surface area contributed by atoms with Gasteiger partial charge in [0.1, 0.15) is 5.75 Å². The van der Waals surface area contributed by atoms with Crippen LogP contribution in [0.25, 0.3) is 0 Å². The lowest BCUT2D eigenvalue weighted by Crippen LogP contribution is -2.03. The fourth-order valence-corrected chi connectivity index (χ4v) is 2.14. The molecule has 116 valence electrons. The molecule has 0 aliphatic rings. The van der Waals surface area contributed by atoms with Gasteiger partial charge in [0.15, 0.2) is 0 Å². The maximum absolute atomic E-state index is 11.0. The highest BCUT2D eigenvalue weighted by Crippen LogP contribution is 2.24. The van der Waals surface area contributed by atoms with Crippen LogP contribution >= 0.6 is 11.6 Å². The van der Waals surface area contributed by atoms with Crippen LogP contribution in [0.5, 0.6) is 5.75 Å². The Morgan fingerprint density at radius 3 is 2.82 bits per heavy atom. The Balaban J connectivity index is 2.06. The Hall–Kier alpha value is -2.20. The van der Waals surface area contributed by atoms with Gasteiger partial charge in [-0.2, -0.15) is 0 Å². The lowest BCUT2D eigenvalue weighted by molar-refractivity contribution is 0.0697. The second-order valence-electron chi connectivity index (χ2n) is 4.85. The summed E-state index contributed by atoms with van der Waals surface area (Å²) in [5.41, 5.74) is 1.83. The van der Waals surface area contributed by atoms with E-state index in [0.717, 1.165) is 17.7 Å². The largest absolute Gasteiger partial charge is 0.494 e. The second-order valence-corrected chi connectivity index (χ2v) is 5.26. The molecule has 0 saturated heterocycles. The third kappa shape index (κ3) is 4.40. The Labute approximate surface area is 134 Å². The molecule has 2 rings (SSSR count). The molecule has 0 aliphatic heterocycles. The summed E-state index contributed by atoms with van der Waals surface area (Å²) in [6, 6.07) is 12.4. The molecule has 0 atom stereocenters. The van der Waals surface area contributed by atoms with Crippen molar-refractivity contribution < 1.29 is 14.6 Å². The van der Waals surface area contributed by atoms with Crippen molar-refractivity contribution in [2.75, 3.05) is 11.9 Å². The van der Waals surface area contributed by atoms with Crippen molar-refractivity contribution in [1.82, 2.24) is 0 Å². The number of anilines is 1. The zero-order chi connectivity index (χ0) is 15.9. The summed E-state index contributed by atoms with van der Waals surface area (Å²) in [4.78, 5) is 11.0. The van der Waals surface area contributed by atoms with Gasteiger partial charge in [0.25, 0.3) is 0 Å². The highest BCUT2D eigenvalue weighted by Gasteiger charge is 2.07. The van der Waals surface area contributed by atoms with Gasteiger partial charge in [-0.1, -0.05) is 30.7 Å². The van der Waals surface area contributed by atoms with Gasteiger partial charge < -0.3 is 15.2 Å². The molecule has 2 N–H and O–H groups in total. The number of nitrogens with one attached hydrogen (secondary N) is 1. The van der Waals surface area contributed by atoms with E-state index >= 15 is 0 Å². The SMILES string of the molecule is CCCOc1cccc(CNc2cc(C(=O)O)ccc2Cl)c1. The monoisotopic (exact) mass is 319 g/mol. The van der Waals surface area contributed by atoms with Crippen molar-refractivity contribution in [1.29, 1.82) is 0 Å². The van der Waals surface area contributed by atoms with E-state index in [1.807, 2.05) is 24.3 Å². The number of halogens is 1. The minimum Gasteiger partial charge on any atom is -0.494 e. The molecule has 0 radical (unpaired) electrons. The number of rotatable bonds is 7.